The van der Waals surface area contributed by atoms with Crippen molar-refractivity contribution in [1.82, 2.24) is 0 Å². The van der Waals surface area contributed by atoms with Gasteiger partial charge in [0.25, 0.3) is 0 Å². The van der Waals surface area contributed by atoms with Gasteiger partial charge in [0.1, 0.15) is 0 Å². The molecule has 0 unspecified atom stereocenters. The third-order valence-electron chi connectivity index (χ3n) is 7.77. The van der Waals surface area contributed by atoms with Crippen molar-refractivity contribution in [3.8, 4) is 0 Å². The molecule has 0 amide bonds. The second-order valence-electron chi connectivity index (χ2n) is 10.2. The maximum absolute atomic E-state index is 11.0. The molecule has 0 aromatic heterocycles. The summed E-state index contributed by atoms with van der Waals surface area (Å²) < 4.78 is 11.8. The Kier molecular flexibility index (Phi) is 3.37. The minimum atomic E-state index is -0.508. The summed E-state index contributed by atoms with van der Waals surface area (Å²) >= 11 is 0. The third-order valence-corrected chi connectivity index (χ3v) is 7.77. The van der Waals surface area contributed by atoms with Crippen LogP contribution in [-0.2, 0) is 9.47 Å². The van der Waals surface area contributed by atoms with E-state index < -0.39 is 5.60 Å². The molecule has 2 heterocycles. The molecule has 0 aromatic rings. The molecule has 3 nitrogen and oxygen atoms in total. The SMILES string of the molecule is CC1(C)O[C@@H]1CC[C@@]1(C)CC[C@]2(C)O[C@H]2CC[C@](C)(O)[C@H]2C[C@@H]21. The number of rotatable bonds is 3. The normalized spacial score (nSPS) is 57.1. The van der Waals surface area contributed by atoms with Crippen molar-refractivity contribution in [2.45, 2.75) is 109 Å². The number of hydrogen-bond donors (Lipinski definition) is 1. The molecule has 132 valence electrons. The molecule has 0 aromatic carbocycles. The van der Waals surface area contributed by atoms with Gasteiger partial charge in [-0.2, -0.15) is 0 Å². The molecule has 2 saturated carbocycles. The predicted octanol–water partition coefficient (Wildman–Crippen LogP) is 4.07. The van der Waals surface area contributed by atoms with E-state index >= 15 is 0 Å². The van der Waals surface area contributed by atoms with Gasteiger partial charge in [-0.25, -0.2) is 0 Å². The van der Waals surface area contributed by atoms with Crippen molar-refractivity contribution in [1.29, 1.82) is 0 Å². The second kappa shape index (κ2) is 4.74. The molecule has 2 saturated heterocycles. The zero-order chi connectivity index (χ0) is 16.7. The van der Waals surface area contributed by atoms with E-state index in [1.807, 2.05) is 0 Å². The Morgan fingerprint density at radius 3 is 2.30 bits per heavy atom. The highest BCUT2D eigenvalue weighted by atomic mass is 16.6. The van der Waals surface area contributed by atoms with Crippen LogP contribution in [0.2, 0.25) is 0 Å². The molecule has 2 aliphatic carbocycles. The standard InChI is InChI=1S/C20H34O3/c1-17(2)15(22-17)6-8-18(3)10-11-20(5)16(23-20)7-9-19(4,21)14-12-13(14)18/h13-16,21H,6-12H2,1-5H3/t13-,14-,15+,16-,18-,19-,20-/m0/s1. The lowest BCUT2D eigenvalue weighted by molar-refractivity contribution is 0.00707. The molecular formula is C20H34O3. The number of fused-ring (bicyclic) bond motifs is 2. The van der Waals surface area contributed by atoms with Gasteiger partial charge in [-0.3, -0.25) is 0 Å². The quantitative estimate of drug-likeness (QED) is 0.797. The molecule has 3 heteroatoms. The van der Waals surface area contributed by atoms with Gasteiger partial charge in [0.15, 0.2) is 0 Å². The smallest absolute Gasteiger partial charge is 0.0920 e. The number of hydrogen-bond acceptors (Lipinski definition) is 3. The van der Waals surface area contributed by atoms with Gasteiger partial charge in [0, 0.05) is 0 Å². The maximum Gasteiger partial charge on any atom is 0.0920 e. The molecule has 2 aliphatic heterocycles. The van der Waals surface area contributed by atoms with Crippen molar-refractivity contribution in [2.24, 2.45) is 17.3 Å². The van der Waals surface area contributed by atoms with E-state index in [-0.39, 0.29) is 11.2 Å². The fourth-order valence-electron chi connectivity index (χ4n) is 5.37. The average Bonchev–Trinajstić information content (AvgIpc) is 3.32. The van der Waals surface area contributed by atoms with Crippen LogP contribution in [0.1, 0.15) is 79.6 Å². The molecule has 7 atom stereocenters. The van der Waals surface area contributed by atoms with Crippen LogP contribution in [0.15, 0.2) is 0 Å². The van der Waals surface area contributed by atoms with Crippen LogP contribution in [0.25, 0.3) is 0 Å². The lowest BCUT2D eigenvalue weighted by Gasteiger charge is -2.35. The monoisotopic (exact) mass is 322 g/mol. The Labute approximate surface area is 141 Å². The van der Waals surface area contributed by atoms with Crippen molar-refractivity contribution < 1.29 is 14.6 Å². The first-order chi connectivity index (χ1) is 10.6. The fraction of sp³-hybridized carbons (Fsp3) is 1.00. The Balaban J connectivity index is 1.48. The molecule has 0 bridgehead atoms. The highest BCUT2D eigenvalue weighted by molar-refractivity contribution is 5.10. The summed E-state index contributed by atoms with van der Waals surface area (Å²) in [6, 6.07) is 0. The molecule has 0 spiro atoms. The number of aliphatic hydroxyl groups is 1. The predicted molar refractivity (Wildman–Crippen MR) is 90.3 cm³/mol. The van der Waals surface area contributed by atoms with E-state index in [4.69, 9.17) is 9.47 Å². The molecule has 1 N–H and O–H groups in total. The summed E-state index contributed by atoms with van der Waals surface area (Å²) in [7, 11) is 0. The van der Waals surface area contributed by atoms with Crippen LogP contribution in [-0.4, -0.2) is 34.1 Å². The Morgan fingerprint density at radius 2 is 1.65 bits per heavy atom. The van der Waals surface area contributed by atoms with E-state index in [1.165, 1.54) is 25.7 Å². The van der Waals surface area contributed by atoms with Gasteiger partial charge in [0.2, 0.25) is 0 Å². The fourth-order valence-corrected chi connectivity index (χ4v) is 5.37. The Hall–Kier alpha value is -0.120. The number of epoxide rings is 2. The third kappa shape index (κ3) is 2.87. The van der Waals surface area contributed by atoms with E-state index in [0.717, 1.165) is 19.3 Å². The minimum Gasteiger partial charge on any atom is -0.390 e. The van der Waals surface area contributed by atoms with Crippen molar-refractivity contribution in [2.75, 3.05) is 0 Å². The summed E-state index contributed by atoms with van der Waals surface area (Å²) in [6.45, 7) is 11.2. The first kappa shape index (κ1) is 16.4. The summed E-state index contributed by atoms with van der Waals surface area (Å²) in [5, 5.41) is 11.0. The van der Waals surface area contributed by atoms with Crippen LogP contribution >= 0.6 is 0 Å². The molecule has 4 aliphatic rings. The lowest BCUT2D eigenvalue weighted by Crippen LogP contribution is -2.34. The first-order valence-electron chi connectivity index (χ1n) is 9.64. The summed E-state index contributed by atoms with van der Waals surface area (Å²) in [5.41, 5.74) is -0.00902. The van der Waals surface area contributed by atoms with E-state index in [1.54, 1.807) is 0 Å². The van der Waals surface area contributed by atoms with Crippen LogP contribution in [0.3, 0.4) is 0 Å². The van der Waals surface area contributed by atoms with E-state index in [9.17, 15) is 5.11 Å². The Bertz CT molecular complexity index is 499. The first-order valence-corrected chi connectivity index (χ1v) is 9.64. The number of ether oxygens (including phenoxy) is 2. The topological polar surface area (TPSA) is 45.3 Å². The van der Waals surface area contributed by atoms with Gasteiger partial charge < -0.3 is 14.6 Å². The van der Waals surface area contributed by atoms with Crippen molar-refractivity contribution >= 4 is 0 Å². The van der Waals surface area contributed by atoms with Gasteiger partial charge in [-0.1, -0.05) is 6.92 Å². The van der Waals surface area contributed by atoms with Gasteiger partial charge in [0.05, 0.1) is 29.0 Å². The highest BCUT2D eigenvalue weighted by Crippen LogP contribution is 2.63. The van der Waals surface area contributed by atoms with Crippen LogP contribution < -0.4 is 0 Å². The molecule has 4 fully saturated rings. The largest absolute Gasteiger partial charge is 0.390 e. The van der Waals surface area contributed by atoms with Crippen molar-refractivity contribution in [3.05, 3.63) is 0 Å². The van der Waals surface area contributed by atoms with Crippen LogP contribution in [0.4, 0.5) is 0 Å². The van der Waals surface area contributed by atoms with Crippen molar-refractivity contribution in [3.63, 3.8) is 0 Å². The van der Waals surface area contributed by atoms with Gasteiger partial charge in [-0.15, -0.1) is 0 Å². The summed E-state index contributed by atoms with van der Waals surface area (Å²) in [5.74, 6) is 1.17. The molecule has 23 heavy (non-hydrogen) atoms. The Morgan fingerprint density at radius 1 is 0.957 bits per heavy atom. The molecular weight excluding hydrogens is 288 g/mol. The highest BCUT2D eigenvalue weighted by Gasteiger charge is 2.61. The van der Waals surface area contributed by atoms with E-state index in [2.05, 4.69) is 34.6 Å². The maximum atomic E-state index is 11.0. The summed E-state index contributed by atoms with van der Waals surface area (Å²) in [4.78, 5) is 0. The molecule has 0 radical (unpaired) electrons. The zero-order valence-corrected chi connectivity index (χ0v) is 15.5. The summed E-state index contributed by atoms with van der Waals surface area (Å²) in [6.07, 6.45) is 8.72. The van der Waals surface area contributed by atoms with Crippen LogP contribution in [0, 0.1) is 17.3 Å². The molecule has 4 rings (SSSR count). The second-order valence-corrected chi connectivity index (χ2v) is 10.2. The zero-order valence-electron chi connectivity index (χ0n) is 15.5. The minimum absolute atomic E-state index is 0.0778. The van der Waals surface area contributed by atoms with Crippen LogP contribution in [0.5, 0.6) is 0 Å². The van der Waals surface area contributed by atoms with Gasteiger partial charge >= 0.3 is 0 Å². The van der Waals surface area contributed by atoms with Gasteiger partial charge in [-0.05, 0) is 89.9 Å². The average molecular weight is 322 g/mol. The van der Waals surface area contributed by atoms with E-state index in [0.29, 0.717) is 29.5 Å². The lowest BCUT2D eigenvalue weighted by atomic mass is 9.71.